The Morgan fingerprint density at radius 2 is 1.58 bits per heavy atom. The summed E-state index contributed by atoms with van der Waals surface area (Å²) in [5.41, 5.74) is 3.98. The van der Waals surface area contributed by atoms with Crippen LogP contribution in [0.2, 0.25) is 0 Å². The van der Waals surface area contributed by atoms with E-state index < -0.39 is 0 Å². The smallest absolute Gasteiger partial charge is 0.118 e. The van der Waals surface area contributed by atoms with Crippen LogP contribution < -0.4 is 4.74 Å². The van der Waals surface area contributed by atoms with Gasteiger partial charge in [-0.05, 0) is 47.5 Å². The Morgan fingerprint density at radius 3 is 2.17 bits per heavy atom. The van der Waals surface area contributed by atoms with Crippen LogP contribution in [0.1, 0.15) is 16.8 Å². The molecule has 0 spiro atoms. The summed E-state index contributed by atoms with van der Waals surface area (Å²) in [5.74, 6) is 0.759. The normalized spacial score (nSPS) is 11.3. The van der Waals surface area contributed by atoms with Crippen LogP contribution in [0, 0.1) is 11.3 Å². The number of hydrogen-bond donors (Lipinski definition) is 0. The molecule has 3 heteroatoms. The van der Waals surface area contributed by atoms with Gasteiger partial charge in [0.2, 0.25) is 0 Å². The molecule has 0 atom stereocenters. The fraction of sp³-hybridized carbons (Fsp3) is 0.0476. The highest BCUT2D eigenvalue weighted by atomic mass is 16.5. The van der Waals surface area contributed by atoms with Gasteiger partial charge in [0.05, 0.1) is 18.4 Å². The van der Waals surface area contributed by atoms with Crippen LogP contribution in [0.5, 0.6) is 5.75 Å². The first kappa shape index (κ1) is 15.5. The van der Waals surface area contributed by atoms with Crippen molar-refractivity contribution in [3.05, 3.63) is 95.8 Å². The number of ether oxygens (including phenoxy) is 1. The fourth-order valence-electron chi connectivity index (χ4n) is 2.56. The van der Waals surface area contributed by atoms with E-state index in [2.05, 4.69) is 11.1 Å². The minimum absolute atomic E-state index is 0.586. The Labute approximate surface area is 141 Å². The number of nitriles is 1. The molecule has 0 amide bonds. The summed E-state index contributed by atoms with van der Waals surface area (Å²) in [6.07, 6.45) is 1.74. The highest BCUT2D eigenvalue weighted by Gasteiger charge is 2.14. The van der Waals surface area contributed by atoms with Crippen molar-refractivity contribution >= 4 is 11.1 Å². The topological polar surface area (TPSA) is 45.9 Å². The monoisotopic (exact) mass is 312 g/mol. The number of hydrogen-bond acceptors (Lipinski definition) is 3. The molecular weight excluding hydrogens is 296 g/mol. The molecule has 0 radical (unpaired) electrons. The van der Waals surface area contributed by atoms with Crippen molar-refractivity contribution in [1.82, 2.24) is 4.98 Å². The summed E-state index contributed by atoms with van der Waals surface area (Å²) in [6, 6.07) is 25.4. The Hall–Kier alpha value is -3.38. The van der Waals surface area contributed by atoms with Crippen LogP contribution in [0.25, 0.3) is 11.1 Å². The average molecular weight is 312 g/mol. The predicted molar refractivity (Wildman–Crippen MR) is 95.2 cm³/mol. The lowest BCUT2D eigenvalue weighted by Crippen LogP contribution is -1.96. The van der Waals surface area contributed by atoms with Crippen molar-refractivity contribution < 1.29 is 4.74 Å². The second-order valence-corrected chi connectivity index (χ2v) is 5.17. The summed E-state index contributed by atoms with van der Waals surface area (Å²) < 4.78 is 5.20. The lowest BCUT2D eigenvalue weighted by atomic mass is 9.93. The average Bonchev–Trinajstić information content (AvgIpc) is 2.67. The third-order valence-corrected chi connectivity index (χ3v) is 3.72. The molecule has 3 nitrogen and oxygen atoms in total. The minimum atomic E-state index is 0.586. The summed E-state index contributed by atoms with van der Waals surface area (Å²) in [6.45, 7) is 0. The van der Waals surface area contributed by atoms with Crippen molar-refractivity contribution in [3.8, 4) is 11.8 Å². The maximum Gasteiger partial charge on any atom is 0.118 e. The van der Waals surface area contributed by atoms with E-state index in [1.54, 1.807) is 13.3 Å². The molecule has 3 rings (SSSR count). The SMILES string of the molecule is COc1ccc(C(C#N)=C(c2ccccc2)c2ccccn2)cc1. The fourth-order valence-corrected chi connectivity index (χ4v) is 2.56. The largest absolute Gasteiger partial charge is 0.497 e. The lowest BCUT2D eigenvalue weighted by molar-refractivity contribution is 0.415. The first-order chi connectivity index (χ1) is 11.8. The van der Waals surface area contributed by atoms with Crippen molar-refractivity contribution in [3.63, 3.8) is 0 Å². The van der Waals surface area contributed by atoms with Crippen LogP contribution >= 0.6 is 0 Å². The standard InChI is InChI=1S/C21H16N2O/c1-24-18-12-10-16(11-13-18)19(15-22)21(17-7-3-2-4-8-17)20-9-5-6-14-23-20/h2-14H,1H3. The van der Waals surface area contributed by atoms with E-state index >= 15 is 0 Å². The molecule has 0 bridgehead atoms. The maximum atomic E-state index is 9.83. The predicted octanol–water partition coefficient (Wildman–Crippen LogP) is 4.57. The highest BCUT2D eigenvalue weighted by Crippen LogP contribution is 2.31. The number of methoxy groups -OCH3 is 1. The third-order valence-electron chi connectivity index (χ3n) is 3.72. The van der Waals surface area contributed by atoms with Gasteiger partial charge in [0.1, 0.15) is 11.8 Å². The number of rotatable bonds is 4. The Balaban J connectivity index is 2.24. The van der Waals surface area contributed by atoms with Gasteiger partial charge in [-0.1, -0.05) is 36.4 Å². The van der Waals surface area contributed by atoms with E-state index in [1.165, 1.54) is 0 Å². The van der Waals surface area contributed by atoms with Crippen LogP contribution in [0.15, 0.2) is 79.0 Å². The molecule has 0 unspecified atom stereocenters. The van der Waals surface area contributed by atoms with Crippen molar-refractivity contribution in [1.29, 1.82) is 5.26 Å². The second kappa shape index (κ2) is 7.26. The van der Waals surface area contributed by atoms with Gasteiger partial charge < -0.3 is 4.74 Å². The number of benzene rings is 2. The number of allylic oxidation sites excluding steroid dienone is 1. The van der Waals surface area contributed by atoms with Gasteiger partial charge in [0, 0.05) is 11.8 Å². The third kappa shape index (κ3) is 3.18. The van der Waals surface area contributed by atoms with Crippen LogP contribution in [0.4, 0.5) is 0 Å². The molecular formula is C21H16N2O. The molecule has 0 aliphatic carbocycles. The Bertz CT molecular complexity index is 835. The molecule has 3 aromatic rings. The van der Waals surface area contributed by atoms with Crippen LogP contribution in [-0.4, -0.2) is 12.1 Å². The van der Waals surface area contributed by atoms with E-state index in [4.69, 9.17) is 4.74 Å². The van der Waals surface area contributed by atoms with Crippen LogP contribution in [0.3, 0.4) is 0 Å². The minimum Gasteiger partial charge on any atom is -0.497 e. The molecule has 2 aromatic carbocycles. The summed E-state index contributed by atoms with van der Waals surface area (Å²) in [5, 5.41) is 9.83. The molecule has 116 valence electrons. The summed E-state index contributed by atoms with van der Waals surface area (Å²) in [4.78, 5) is 4.45. The molecule has 0 saturated heterocycles. The second-order valence-electron chi connectivity index (χ2n) is 5.17. The summed E-state index contributed by atoms with van der Waals surface area (Å²) in [7, 11) is 1.62. The van der Waals surface area contributed by atoms with Gasteiger partial charge >= 0.3 is 0 Å². The quantitative estimate of drug-likeness (QED) is 0.523. The van der Waals surface area contributed by atoms with Gasteiger partial charge in [-0.3, -0.25) is 4.98 Å². The number of nitrogens with zero attached hydrogens (tertiary/aromatic N) is 2. The molecule has 1 aromatic heterocycles. The van der Waals surface area contributed by atoms with Crippen molar-refractivity contribution in [2.24, 2.45) is 0 Å². The van der Waals surface area contributed by atoms with Gasteiger partial charge in [0.15, 0.2) is 0 Å². The first-order valence-corrected chi connectivity index (χ1v) is 7.59. The zero-order valence-electron chi connectivity index (χ0n) is 13.3. The van der Waals surface area contributed by atoms with E-state index in [1.807, 2.05) is 72.8 Å². The zero-order chi connectivity index (χ0) is 16.8. The number of aromatic nitrogens is 1. The molecule has 1 heterocycles. The Morgan fingerprint density at radius 1 is 0.875 bits per heavy atom. The van der Waals surface area contributed by atoms with Gasteiger partial charge in [-0.25, -0.2) is 0 Å². The molecule has 0 aliphatic rings. The lowest BCUT2D eigenvalue weighted by Gasteiger charge is -2.11. The molecule has 0 N–H and O–H groups in total. The summed E-state index contributed by atoms with van der Waals surface area (Å²) >= 11 is 0. The first-order valence-electron chi connectivity index (χ1n) is 7.59. The van der Waals surface area contributed by atoms with E-state index in [-0.39, 0.29) is 0 Å². The highest BCUT2D eigenvalue weighted by molar-refractivity contribution is 6.02. The molecule has 0 fully saturated rings. The van der Waals surface area contributed by atoms with E-state index in [9.17, 15) is 5.26 Å². The molecule has 0 saturated carbocycles. The Kier molecular flexibility index (Phi) is 4.69. The zero-order valence-corrected chi connectivity index (χ0v) is 13.3. The van der Waals surface area contributed by atoms with Crippen LogP contribution in [-0.2, 0) is 0 Å². The molecule has 24 heavy (non-hydrogen) atoms. The molecule has 0 aliphatic heterocycles. The maximum absolute atomic E-state index is 9.83. The van der Waals surface area contributed by atoms with Gasteiger partial charge in [0.25, 0.3) is 0 Å². The van der Waals surface area contributed by atoms with E-state index in [0.717, 1.165) is 28.1 Å². The van der Waals surface area contributed by atoms with Crippen molar-refractivity contribution in [2.45, 2.75) is 0 Å². The number of pyridine rings is 1. The van der Waals surface area contributed by atoms with E-state index in [0.29, 0.717) is 5.57 Å². The van der Waals surface area contributed by atoms with Crippen molar-refractivity contribution in [2.75, 3.05) is 7.11 Å². The van der Waals surface area contributed by atoms with Gasteiger partial charge in [-0.2, -0.15) is 5.26 Å². The van der Waals surface area contributed by atoms with Gasteiger partial charge in [-0.15, -0.1) is 0 Å².